The summed E-state index contributed by atoms with van der Waals surface area (Å²) < 4.78 is 4.72. The van der Waals surface area contributed by atoms with Gasteiger partial charge in [0.05, 0.1) is 30.5 Å². The van der Waals surface area contributed by atoms with Gasteiger partial charge in [0.1, 0.15) is 0 Å². The van der Waals surface area contributed by atoms with Crippen LogP contribution in [-0.2, 0) is 6.61 Å². The van der Waals surface area contributed by atoms with E-state index in [1.54, 1.807) is 0 Å². The summed E-state index contributed by atoms with van der Waals surface area (Å²) in [6.07, 6.45) is 1.21. The maximum atomic E-state index is 10.5. The Labute approximate surface area is 73.9 Å². The lowest BCUT2D eigenvalue weighted by Crippen LogP contribution is -1.97. The van der Waals surface area contributed by atoms with Crippen LogP contribution in [0.1, 0.15) is 5.69 Å². The molecule has 0 radical (unpaired) electrons. The number of aliphatic hydroxyl groups excluding tert-OH is 1. The Morgan fingerprint density at radius 2 is 2.46 bits per heavy atom. The molecule has 0 saturated carbocycles. The van der Waals surface area contributed by atoms with Crippen LogP contribution in [0.4, 0.5) is 5.69 Å². The minimum absolute atomic E-state index is 0.0854. The maximum Gasteiger partial charge on any atom is 0.314 e. The molecule has 6 heteroatoms. The fourth-order valence-electron chi connectivity index (χ4n) is 0.860. The van der Waals surface area contributed by atoms with Crippen LogP contribution in [0.3, 0.4) is 0 Å². The highest BCUT2D eigenvalue weighted by molar-refractivity contribution is 5.45. The average molecular weight is 184 g/mol. The zero-order valence-electron chi connectivity index (χ0n) is 6.93. The first-order chi connectivity index (χ1) is 6.19. The third-order valence-electron chi connectivity index (χ3n) is 1.48. The predicted molar refractivity (Wildman–Crippen MR) is 43.4 cm³/mol. The van der Waals surface area contributed by atoms with Crippen LogP contribution >= 0.6 is 0 Å². The molecule has 0 bridgehead atoms. The average Bonchev–Trinajstić information content (AvgIpc) is 2.16. The first-order valence-electron chi connectivity index (χ1n) is 3.47. The van der Waals surface area contributed by atoms with Crippen LogP contribution < -0.4 is 4.74 Å². The molecule has 0 aromatic carbocycles. The largest absolute Gasteiger partial charge is 0.489 e. The normalized spacial score (nSPS) is 9.69. The fourth-order valence-corrected chi connectivity index (χ4v) is 0.860. The van der Waals surface area contributed by atoms with Gasteiger partial charge < -0.3 is 9.84 Å². The van der Waals surface area contributed by atoms with Crippen LogP contribution in [-0.4, -0.2) is 22.1 Å². The molecule has 6 nitrogen and oxygen atoms in total. The Kier molecular flexibility index (Phi) is 2.76. The number of pyridine rings is 1. The van der Waals surface area contributed by atoms with Crippen LogP contribution in [0.5, 0.6) is 5.75 Å². The first kappa shape index (κ1) is 9.40. The second kappa shape index (κ2) is 3.81. The van der Waals surface area contributed by atoms with E-state index in [1.807, 2.05) is 0 Å². The van der Waals surface area contributed by atoms with E-state index in [2.05, 4.69) is 4.98 Å². The van der Waals surface area contributed by atoms with Crippen molar-refractivity contribution in [2.75, 3.05) is 7.11 Å². The predicted octanol–water partition coefficient (Wildman–Crippen LogP) is 0.491. The van der Waals surface area contributed by atoms with Crippen molar-refractivity contribution in [2.45, 2.75) is 6.61 Å². The number of ether oxygens (including phenoxy) is 1. The number of rotatable bonds is 3. The summed E-state index contributed by atoms with van der Waals surface area (Å²) in [7, 11) is 1.32. The molecule has 1 aromatic heterocycles. The topological polar surface area (TPSA) is 85.5 Å². The third kappa shape index (κ3) is 1.91. The lowest BCUT2D eigenvalue weighted by Gasteiger charge is -2.01. The van der Waals surface area contributed by atoms with E-state index >= 15 is 0 Å². The summed E-state index contributed by atoms with van der Waals surface area (Å²) >= 11 is 0. The number of nitro groups is 1. The molecule has 0 spiro atoms. The molecule has 0 aliphatic carbocycles. The van der Waals surface area contributed by atoms with Crippen LogP contribution in [0, 0.1) is 10.1 Å². The van der Waals surface area contributed by atoms with Gasteiger partial charge in [-0.05, 0) is 0 Å². The summed E-state index contributed by atoms with van der Waals surface area (Å²) in [5, 5.41) is 19.1. The van der Waals surface area contributed by atoms with Gasteiger partial charge in [0.15, 0.2) is 0 Å². The molecular weight excluding hydrogens is 176 g/mol. The Morgan fingerprint density at radius 1 is 1.77 bits per heavy atom. The number of hydrogen-bond acceptors (Lipinski definition) is 5. The van der Waals surface area contributed by atoms with Crippen LogP contribution in [0.2, 0.25) is 0 Å². The molecule has 0 atom stereocenters. The van der Waals surface area contributed by atoms with E-state index in [1.165, 1.54) is 19.4 Å². The summed E-state index contributed by atoms with van der Waals surface area (Å²) in [4.78, 5) is 13.6. The highest BCUT2D eigenvalue weighted by atomic mass is 16.6. The van der Waals surface area contributed by atoms with Gasteiger partial charge >= 0.3 is 5.69 Å². The quantitative estimate of drug-likeness (QED) is 0.545. The number of hydrogen-bond donors (Lipinski definition) is 1. The van der Waals surface area contributed by atoms with Crippen LogP contribution in [0.25, 0.3) is 0 Å². The lowest BCUT2D eigenvalue weighted by molar-refractivity contribution is -0.385. The van der Waals surface area contributed by atoms with E-state index in [0.717, 1.165) is 0 Å². The highest BCUT2D eigenvalue weighted by Gasteiger charge is 2.15. The van der Waals surface area contributed by atoms with Gasteiger partial charge in [0.25, 0.3) is 0 Å². The minimum atomic E-state index is -0.584. The molecular formula is C7H8N2O4. The van der Waals surface area contributed by atoms with E-state index in [-0.39, 0.29) is 23.7 Å². The molecule has 0 amide bonds. The molecule has 1 heterocycles. The molecule has 70 valence electrons. The molecule has 1 rings (SSSR count). The highest BCUT2D eigenvalue weighted by Crippen LogP contribution is 2.25. The number of nitrogens with zero attached hydrogens (tertiary/aromatic N) is 2. The molecule has 0 fully saturated rings. The van der Waals surface area contributed by atoms with Gasteiger partial charge in [0.2, 0.25) is 5.75 Å². The van der Waals surface area contributed by atoms with Gasteiger partial charge in [-0.1, -0.05) is 0 Å². The monoisotopic (exact) mass is 184 g/mol. The van der Waals surface area contributed by atoms with Crippen molar-refractivity contribution in [1.82, 2.24) is 4.98 Å². The lowest BCUT2D eigenvalue weighted by atomic mass is 10.3. The standard InChI is InChI=1S/C7H8N2O4/c1-13-7-3-8-5(4-10)2-6(7)9(11)12/h2-3,10H,4H2,1H3. The maximum absolute atomic E-state index is 10.5. The van der Waals surface area contributed by atoms with E-state index in [0.29, 0.717) is 0 Å². The van der Waals surface area contributed by atoms with Crippen molar-refractivity contribution in [2.24, 2.45) is 0 Å². The molecule has 0 aliphatic rings. The Morgan fingerprint density at radius 3 is 2.92 bits per heavy atom. The molecule has 0 saturated heterocycles. The minimum Gasteiger partial charge on any atom is -0.489 e. The second-order valence-corrected chi connectivity index (χ2v) is 2.26. The van der Waals surface area contributed by atoms with Crippen molar-refractivity contribution in [1.29, 1.82) is 0 Å². The first-order valence-corrected chi connectivity index (χ1v) is 3.47. The van der Waals surface area contributed by atoms with Gasteiger partial charge in [-0.2, -0.15) is 0 Å². The van der Waals surface area contributed by atoms with Gasteiger partial charge in [-0.3, -0.25) is 15.1 Å². The van der Waals surface area contributed by atoms with Gasteiger partial charge in [-0.15, -0.1) is 0 Å². The Hall–Kier alpha value is -1.69. The van der Waals surface area contributed by atoms with Crippen molar-refractivity contribution >= 4 is 5.69 Å². The third-order valence-corrected chi connectivity index (χ3v) is 1.48. The molecule has 1 N–H and O–H groups in total. The smallest absolute Gasteiger partial charge is 0.314 e. The summed E-state index contributed by atoms with van der Waals surface area (Å²) in [5.74, 6) is 0.0854. The van der Waals surface area contributed by atoms with Gasteiger partial charge in [0, 0.05) is 6.07 Å². The molecule has 1 aromatic rings. The molecule has 0 unspecified atom stereocenters. The van der Waals surface area contributed by atoms with Crippen molar-refractivity contribution in [3.8, 4) is 5.75 Å². The summed E-state index contributed by atoms with van der Waals surface area (Å²) in [5.41, 5.74) is 0.0500. The second-order valence-electron chi connectivity index (χ2n) is 2.26. The van der Waals surface area contributed by atoms with Crippen molar-refractivity contribution in [3.63, 3.8) is 0 Å². The SMILES string of the molecule is COc1cnc(CO)cc1[N+](=O)[O-]. The number of aliphatic hydroxyl groups is 1. The van der Waals surface area contributed by atoms with Crippen molar-refractivity contribution < 1.29 is 14.8 Å². The van der Waals surface area contributed by atoms with Crippen LogP contribution in [0.15, 0.2) is 12.3 Å². The molecule has 0 aliphatic heterocycles. The number of aromatic nitrogens is 1. The van der Waals surface area contributed by atoms with E-state index in [9.17, 15) is 10.1 Å². The zero-order chi connectivity index (χ0) is 9.84. The summed E-state index contributed by atoms with van der Waals surface area (Å²) in [6, 6.07) is 1.18. The Balaban J connectivity index is 3.18. The van der Waals surface area contributed by atoms with E-state index in [4.69, 9.17) is 9.84 Å². The Bertz CT molecular complexity index is 326. The zero-order valence-corrected chi connectivity index (χ0v) is 6.93. The molecule has 13 heavy (non-hydrogen) atoms. The fraction of sp³-hybridized carbons (Fsp3) is 0.286. The van der Waals surface area contributed by atoms with Crippen molar-refractivity contribution in [3.05, 3.63) is 28.1 Å². The van der Waals surface area contributed by atoms with E-state index < -0.39 is 4.92 Å². The van der Waals surface area contributed by atoms with Gasteiger partial charge in [-0.25, -0.2) is 0 Å². The summed E-state index contributed by atoms with van der Waals surface area (Å²) in [6.45, 7) is -0.329. The number of methoxy groups -OCH3 is 1.